The molecule has 0 aliphatic heterocycles. The molecule has 0 heterocycles. The molecule has 2 aromatic rings. The van der Waals surface area contributed by atoms with Gasteiger partial charge in [-0.3, -0.25) is 0 Å². The van der Waals surface area contributed by atoms with Crippen LogP contribution in [0, 0.1) is 9.81 Å². The molecule has 0 aliphatic rings. The molecular weight excluding hydrogens is 212 g/mol. The minimum Gasteiger partial charge on any atom is -0.507 e. The van der Waals surface area contributed by atoms with Gasteiger partial charge in [0.25, 0.3) is 0 Å². The van der Waals surface area contributed by atoms with Crippen molar-refractivity contribution in [1.82, 2.24) is 0 Å². The lowest BCUT2D eigenvalue weighted by molar-refractivity contribution is 0.476. The average molecular weight is 218 g/mol. The first-order valence-electron chi connectivity index (χ1n) is 4.33. The molecule has 6 heteroatoms. The molecule has 0 aliphatic carbocycles. The zero-order chi connectivity index (χ0) is 11.7. The third-order valence-electron chi connectivity index (χ3n) is 2.28. The largest absolute Gasteiger partial charge is 0.507 e. The van der Waals surface area contributed by atoms with Crippen molar-refractivity contribution >= 4 is 22.1 Å². The number of phenols is 2. The van der Waals surface area contributed by atoms with Crippen LogP contribution in [0.5, 0.6) is 11.5 Å². The highest BCUT2D eigenvalue weighted by Crippen LogP contribution is 2.44. The van der Waals surface area contributed by atoms with E-state index in [1.165, 1.54) is 24.3 Å². The Morgan fingerprint density at radius 1 is 1.00 bits per heavy atom. The van der Waals surface area contributed by atoms with Crippen molar-refractivity contribution in [3.63, 3.8) is 0 Å². The lowest BCUT2D eigenvalue weighted by Gasteiger charge is -2.05. The normalized spacial score (nSPS) is 10.2. The Balaban J connectivity index is 2.98. The molecule has 0 saturated carbocycles. The summed E-state index contributed by atoms with van der Waals surface area (Å²) in [6, 6.07) is 5.59. The monoisotopic (exact) mass is 218 g/mol. The summed E-state index contributed by atoms with van der Waals surface area (Å²) in [5, 5.41) is 24.8. The van der Waals surface area contributed by atoms with Gasteiger partial charge in [0.2, 0.25) is 0 Å². The molecule has 6 nitrogen and oxygen atoms in total. The molecule has 0 spiro atoms. The zero-order valence-corrected chi connectivity index (χ0v) is 7.91. The molecule has 2 rings (SSSR count). The van der Waals surface area contributed by atoms with E-state index in [4.69, 9.17) is 0 Å². The highest BCUT2D eigenvalue weighted by atomic mass is 16.3. The number of aromatic hydroxyl groups is 2. The summed E-state index contributed by atoms with van der Waals surface area (Å²) in [6.07, 6.45) is 0. The second-order valence-electron chi connectivity index (χ2n) is 3.15. The van der Waals surface area contributed by atoms with E-state index in [1.807, 2.05) is 0 Å². The van der Waals surface area contributed by atoms with Crippen LogP contribution in [-0.4, -0.2) is 10.2 Å². The zero-order valence-electron chi connectivity index (χ0n) is 7.91. The van der Waals surface area contributed by atoms with Crippen LogP contribution in [0.4, 0.5) is 11.4 Å². The number of benzene rings is 2. The van der Waals surface area contributed by atoms with E-state index in [0.29, 0.717) is 0 Å². The van der Waals surface area contributed by atoms with Crippen LogP contribution in [0.3, 0.4) is 0 Å². The van der Waals surface area contributed by atoms with Crippen LogP contribution in [0.2, 0.25) is 0 Å². The van der Waals surface area contributed by atoms with Crippen LogP contribution >= 0.6 is 0 Å². The number of hydrogen-bond acceptors (Lipinski definition) is 6. The van der Waals surface area contributed by atoms with E-state index >= 15 is 0 Å². The summed E-state index contributed by atoms with van der Waals surface area (Å²) in [5.74, 6) is -0.576. The molecule has 0 saturated heterocycles. The van der Waals surface area contributed by atoms with Gasteiger partial charge >= 0.3 is 0 Å². The molecular formula is C10H6N2O4. The number of hydrogen-bond donors (Lipinski definition) is 2. The molecule has 0 unspecified atom stereocenters. The highest BCUT2D eigenvalue weighted by molar-refractivity contribution is 6.00. The molecule has 80 valence electrons. The predicted octanol–water partition coefficient (Wildman–Crippen LogP) is 3.05. The van der Waals surface area contributed by atoms with E-state index in [9.17, 15) is 20.0 Å². The van der Waals surface area contributed by atoms with Crippen LogP contribution in [0.1, 0.15) is 0 Å². The van der Waals surface area contributed by atoms with Gasteiger partial charge in [-0.1, -0.05) is 12.1 Å². The molecule has 0 atom stereocenters. The van der Waals surface area contributed by atoms with Gasteiger partial charge < -0.3 is 10.2 Å². The van der Waals surface area contributed by atoms with Crippen molar-refractivity contribution in [2.45, 2.75) is 0 Å². The fourth-order valence-electron chi connectivity index (χ4n) is 1.52. The second-order valence-corrected chi connectivity index (χ2v) is 3.15. The summed E-state index contributed by atoms with van der Waals surface area (Å²) in [6.45, 7) is 0. The van der Waals surface area contributed by atoms with Gasteiger partial charge in [-0.05, 0) is 22.5 Å². The van der Waals surface area contributed by atoms with Gasteiger partial charge in [0.1, 0.15) is 11.4 Å². The van der Waals surface area contributed by atoms with Crippen LogP contribution in [-0.2, 0) is 0 Å². The maximum Gasteiger partial charge on any atom is 0.179 e. The fourth-order valence-corrected chi connectivity index (χ4v) is 1.52. The maximum atomic E-state index is 10.5. The van der Waals surface area contributed by atoms with Gasteiger partial charge in [0.05, 0.1) is 0 Å². The molecule has 0 amide bonds. The van der Waals surface area contributed by atoms with Gasteiger partial charge in [-0.2, -0.15) is 0 Å². The number of nitrogens with zero attached hydrogens (tertiary/aromatic N) is 2. The molecule has 2 aromatic carbocycles. The minimum absolute atomic E-state index is 0.116. The molecule has 0 aromatic heterocycles. The van der Waals surface area contributed by atoms with Crippen molar-refractivity contribution in [1.29, 1.82) is 0 Å². The topological polar surface area (TPSA) is 99.3 Å². The summed E-state index contributed by atoms with van der Waals surface area (Å²) in [7, 11) is 0. The number of nitroso groups, excluding NO2 is 2. The van der Waals surface area contributed by atoms with E-state index in [1.54, 1.807) is 0 Å². The van der Waals surface area contributed by atoms with E-state index in [0.717, 1.165) is 0 Å². The Morgan fingerprint density at radius 2 is 1.75 bits per heavy atom. The first-order valence-corrected chi connectivity index (χ1v) is 4.33. The summed E-state index contributed by atoms with van der Waals surface area (Å²) >= 11 is 0. The summed E-state index contributed by atoms with van der Waals surface area (Å²) in [5.41, 5.74) is -0.727. The van der Waals surface area contributed by atoms with Crippen molar-refractivity contribution in [2.24, 2.45) is 10.4 Å². The third kappa shape index (κ3) is 1.28. The first kappa shape index (κ1) is 10.0. The lowest BCUT2D eigenvalue weighted by Crippen LogP contribution is -1.77. The Kier molecular flexibility index (Phi) is 2.24. The predicted molar refractivity (Wildman–Crippen MR) is 58.2 cm³/mol. The molecule has 0 bridgehead atoms. The van der Waals surface area contributed by atoms with Crippen LogP contribution in [0.15, 0.2) is 34.6 Å². The van der Waals surface area contributed by atoms with E-state index in [-0.39, 0.29) is 22.2 Å². The smallest absolute Gasteiger partial charge is 0.179 e. The van der Waals surface area contributed by atoms with E-state index in [2.05, 4.69) is 10.4 Å². The van der Waals surface area contributed by atoms with Gasteiger partial charge in [0, 0.05) is 10.8 Å². The molecule has 2 N–H and O–H groups in total. The van der Waals surface area contributed by atoms with Gasteiger partial charge in [-0.15, -0.1) is 9.81 Å². The quantitative estimate of drug-likeness (QED) is 0.756. The Hall–Kier alpha value is -2.50. The van der Waals surface area contributed by atoms with Crippen LogP contribution < -0.4 is 0 Å². The van der Waals surface area contributed by atoms with Crippen molar-refractivity contribution in [3.05, 3.63) is 34.1 Å². The number of fused-ring (bicyclic) bond motifs is 1. The fraction of sp³-hybridized carbons (Fsp3) is 0. The third-order valence-corrected chi connectivity index (χ3v) is 2.28. The average Bonchev–Trinajstić information content (AvgIpc) is 2.30. The van der Waals surface area contributed by atoms with Gasteiger partial charge in [-0.25, -0.2) is 0 Å². The standard InChI is InChI=1S/C10H6N2O4/c13-8-3-1-2-5-6(8)4-7(11-15)9(12-16)10(5)14/h1-4,13-14H. The molecule has 0 fully saturated rings. The summed E-state index contributed by atoms with van der Waals surface area (Å²) < 4.78 is 0. The first-order chi connectivity index (χ1) is 7.69. The van der Waals surface area contributed by atoms with Crippen LogP contribution in [0.25, 0.3) is 10.8 Å². The Bertz CT molecular complexity index is 595. The lowest BCUT2D eigenvalue weighted by atomic mass is 10.1. The highest BCUT2D eigenvalue weighted by Gasteiger charge is 2.15. The SMILES string of the molecule is O=Nc1cc2c(O)cccc2c(O)c1N=O. The molecule has 0 radical (unpaired) electrons. The number of phenolic OH excluding ortho intramolecular Hbond substituents is 2. The van der Waals surface area contributed by atoms with Crippen molar-refractivity contribution in [2.75, 3.05) is 0 Å². The Labute approximate surface area is 89.1 Å². The molecule has 16 heavy (non-hydrogen) atoms. The maximum absolute atomic E-state index is 10.5. The van der Waals surface area contributed by atoms with Gasteiger partial charge in [0.15, 0.2) is 11.4 Å². The van der Waals surface area contributed by atoms with E-state index < -0.39 is 11.4 Å². The minimum atomic E-state index is -0.460. The van der Waals surface area contributed by atoms with Crippen molar-refractivity contribution in [3.8, 4) is 11.5 Å². The number of rotatable bonds is 2. The Morgan fingerprint density at radius 3 is 2.38 bits per heavy atom. The second kappa shape index (κ2) is 3.58. The van der Waals surface area contributed by atoms with Crippen molar-refractivity contribution < 1.29 is 10.2 Å². The summed E-state index contributed by atoms with van der Waals surface area (Å²) in [4.78, 5) is 20.9.